The Morgan fingerprint density at radius 1 is 1.13 bits per heavy atom. The number of nitrogens with zero attached hydrogens (tertiary/aromatic N) is 7. The van der Waals surface area contributed by atoms with E-state index in [-0.39, 0.29) is 29.6 Å². The van der Waals surface area contributed by atoms with Gasteiger partial charge in [0.25, 0.3) is 0 Å². The number of phenolic OH excluding ortho intramolecular Hbond substituents is 1. The Morgan fingerprint density at radius 2 is 2.02 bits per heavy atom. The molecule has 0 bridgehead atoms. The van der Waals surface area contributed by atoms with Crippen LogP contribution in [0.25, 0.3) is 32.9 Å². The van der Waals surface area contributed by atoms with E-state index in [0.717, 1.165) is 49.7 Å². The third kappa shape index (κ3) is 3.41. The summed E-state index contributed by atoms with van der Waals surface area (Å²) < 4.78 is 38.8. The van der Waals surface area contributed by atoms with Crippen LogP contribution in [0.4, 0.5) is 14.6 Å². The topological polar surface area (TPSA) is 98.4 Å². The molecule has 0 amide bonds. The summed E-state index contributed by atoms with van der Waals surface area (Å²) in [5.74, 6) is 0.399. The van der Waals surface area contributed by atoms with Gasteiger partial charge in [-0.3, -0.25) is 14.4 Å². The number of aromatic hydroxyl groups is 1. The van der Waals surface area contributed by atoms with Crippen molar-refractivity contribution in [1.29, 1.82) is 5.26 Å². The number of anilines is 1. The van der Waals surface area contributed by atoms with E-state index in [9.17, 15) is 14.8 Å². The van der Waals surface area contributed by atoms with Gasteiger partial charge in [-0.1, -0.05) is 24.3 Å². The van der Waals surface area contributed by atoms with Crippen LogP contribution < -0.4 is 9.64 Å². The molecule has 4 aromatic rings. The predicted octanol–water partition coefficient (Wildman–Crippen LogP) is 4.72. The first kappa shape index (κ1) is 27.0. The van der Waals surface area contributed by atoms with Crippen molar-refractivity contribution < 1.29 is 23.1 Å². The minimum Gasteiger partial charge on any atom is -0.508 e. The molecule has 0 saturated carbocycles. The normalized spacial score (nSPS) is 35.2. The van der Waals surface area contributed by atoms with Crippen LogP contribution in [0.15, 0.2) is 42.6 Å². The van der Waals surface area contributed by atoms with E-state index in [2.05, 4.69) is 25.8 Å². The number of rotatable bonds is 6. The average Bonchev–Trinajstić information content (AvgIpc) is 3.33. The van der Waals surface area contributed by atoms with Crippen molar-refractivity contribution >= 4 is 27.5 Å². The molecule has 9 nitrogen and oxygen atoms in total. The fourth-order valence-electron chi connectivity index (χ4n) is 10.7. The molecule has 2 aromatic carbocycles. The third-order valence-electron chi connectivity index (χ3n) is 12.5. The van der Waals surface area contributed by atoms with Crippen molar-refractivity contribution in [3.05, 3.63) is 48.4 Å². The van der Waals surface area contributed by atoms with E-state index in [1.165, 1.54) is 10.5 Å². The monoisotopic (exact) mass is 622 g/mol. The molecular weight excluding hydrogens is 588 g/mol. The van der Waals surface area contributed by atoms with Crippen molar-refractivity contribution in [3.63, 3.8) is 0 Å². The summed E-state index contributed by atoms with van der Waals surface area (Å²) in [6.07, 6.45) is 4.72. The van der Waals surface area contributed by atoms with E-state index < -0.39 is 17.5 Å². The number of pyridine rings is 1. The minimum absolute atomic E-state index is 0.0236. The number of halogens is 2. The lowest BCUT2D eigenvalue weighted by atomic mass is 9.82. The Bertz CT molecular complexity index is 2000. The Labute approximate surface area is 264 Å². The van der Waals surface area contributed by atoms with Gasteiger partial charge in [0.1, 0.15) is 53.7 Å². The average molecular weight is 623 g/mol. The van der Waals surface area contributed by atoms with Gasteiger partial charge in [0.05, 0.1) is 42.4 Å². The maximum absolute atomic E-state index is 16.8. The maximum atomic E-state index is 16.8. The number of fused-ring (bicyclic) bond motifs is 4. The molecule has 0 radical (unpaired) electrons. The van der Waals surface area contributed by atoms with E-state index in [1.807, 2.05) is 24.3 Å². The standard InChI is InChI=1S/C35H33F2N7O2/c36-20-13-35(7-3-9-43(35)15-20)18-46-34-40-31-26(14-39-30(29(31)37)25-12-22(45)10-19-4-1-2-5-23(19)25)33(41-34)42-16-21-11-27-32-24(6-8-38)28(17-42)44(21,27)32/h1-2,4-5,10,12,14,20-21,24,27-28,32H,3,6-7,9,11,13,15-18H2/p+1/t20-,21-,24?,27?,28?,32?,35+,44?/m1/s1. The molecule has 8 atom stereocenters. The first-order valence-corrected chi connectivity index (χ1v) is 16.5. The smallest absolute Gasteiger partial charge is 0.319 e. The first-order valence-electron chi connectivity index (χ1n) is 16.5. The molecule has 2 aromatic heterocycles. The summed E-state index contributed by atoms with van der Waals surface area (Å²) >= 11 is 0. The number of hydrogen-bond acceptors (Lipinski definition) is 8. The molecule has 10 rings (SSSR count). The number of hydrogen-bond donors (Lipinski definition) is 1. The number of phenols is 1. The Hall–Kier alpha value is -4.14. The summed E-state index contributed by atoms with van der Waals surface area (Å²) in [4.78, 5) is 18.6. The second-order valence-electron chi connectivity index (χ2n) is 14.4. The maximum Gasteiger partial charge on any atom is 0.319 e. The van der Waals surface area contributed by atoms with Gasteiger partial charge in [0, 0.05) is 31.1 Å². The number of quaternary nitrogens is 1. The van der Waals surface area contributed by atoms with Crippen LogP contribution in [0.5, 0.6) is 11.8 Å². The highest BCUT2D eigenvalue weighted by molar-refractivity contribution is 5.99. The molecule has 6 aliphatic rings. The largest absolute Gasteiger partial charge is 0.508 e. The fourth-order valence-corrected chi connectivity index (χ4v) is 10.7. The summed E-state index contributed by atoms with van der Waals surface area (Å²) in [6.45, 7) is 3.04. The number of aromatic nitrogens is 3. The van der Waals surface area contributed by atoms with Gasteiger partial charge in [-0.05, 0) is 42.3 Å². The molecule has 5 unspecified atom stereocenters. The lowest BCUT2D eigenvalue weighted by Crippen LogP contribution is -2.74. The number of alkyl halides is 1. The van der Waals surface area contributed by atoms with E-state index >= 15 is 4.39 Å². The zero-order chi connectivity index (χ0) is 30.9. The van der Waals surface area contributed by atoms with Crippen molar-refractivity contribution in [1.82, 2.24) is 19.9 Å². The van der Waals surface area contributed by atoms with Gasteiger partial charge < -0.3 is 14.7 Å². The Kier molecular flexibility index (Phi) is 5.42. The quantitative estimate of drug-likeness (QED) is 0.244. The highest BCUT2D eigenvalue weighted by Crippen LogP contribution is 2.72. The molecule has 6 saturated heterocycles. The van der Waals surface area contributed by atoms with Crippen LogP contribution in [0.1, 0.15) is 32.1 Å². The molecular formula is C35H34F2N7O2+. The van der Waals surface area contributed by atoms with Crippen LogP contribution in [0, 0.1) is 23.1 Å². The van der Waals surface area contributed by atoms with E-state index in [0.29, 0.717) is 66.2 Å². The lowest BCUT2D eigenvalue weighted by Gasteiger charge is -2.56. The van der Waals surface area contributed by atoms with Gasteiger partial charge in [-0.2, -0.15) is 15.2 Å². The summed E-state index contributed by atoms with van der Waals surface area (Å²) in [6, 6.07) is 15.4. The van der Waals surface area contributed by atoms with Crippen LogP contribution >= 0.6 is 0 Å². The SMILES string of the molecule is N#CCC1C2CN(c3nc(OC[C@@]45CCCN4C[C@H](F)C5)nc4c(F)c(-c5cc(O)cc6ccccc56)ncc34)C[C@H]3CC4C1[N+]243. The van der Waals surface area contributed by atoms with Crippen LogP contribution in [0.3, 0.4) is 0 Å². The van der Waals surface area contributed by atoms with Crippen LogP contribution in [-0.2, 0) is 0 Å². The number of nitriles is 1. The Balaban J connectivity index is 1.08. The van der Waals surface area contributed by atoms with Gasteiger partial charge in [-0.15, -0.1) is 0 Å². The van der Waals surface area contributed by atoms with Crippen molar-refractivity contribution in [2.24, 2.45) is 5.92 Å². The Morgan fingerprint density at radius 3 is 2.91 bits per heavy atom. The van der Waals surface area contributed by atoms with E-state index in [4.69, 9.17) is 9.72 Å². The zero-order valence-electron chi connectivity index (χ0n) is 25.3. The second kappa shape index (κ2) is 9.23. The molecule has 234 valence electrons. The summed E-state index contributed by atoms with van der Waals surface area (Å²) in [7, 11) is 0. The lowest BCUT2D eigenvalue weighted by molar-refractivity contribution is -0.951. The van der Waals surface area contributed by atoms with Gasteiger partial charge in [-0.25, -0.2) is 8.78 Å². The van der Waals surface area contributed by atoms with Crippen molar-refractivity contribution in [2.75, 3.05) is 37.7 Å². The molecule has 8 heterocycles. The predicted molar refractivity (Wildman–Crippen MR) is 166 cm³/mol. The van der Waals surface area contributed by atoms with Crippen LogP contribution in [0.2, 0.25) is 0 Å². The highest BCUT2D eigenvalue weighted by Gasteiger charge is 2.92. The molecule has 46 heavy (non-hydrogen) atoms. The molecule has 1 spiro atoms. The minimum atomic E-state index is -0.889. The molecule has 6 fully saturated rings. The van der Waals surface area contributed by atoms with Gasteiger partial charge >= 0.3 is 6.01 Å². The number of ether oxygens (including phenoxy) is 1. The third-order valence-corrected chi connectivity index (χ3v) is 12.5. The first-order chi connectivity index (χ1) is 22.4. The van der Waals surface area contributed by atoms with Gasteiger partial charge in [0.2, 0.25) is 0 Å². The molecule has 11 heteroatoms. The fraction of sp³-hybridized carbons (Fsp3) is 0.486. The highest BCUT2D eigenvalue weighted by atomic mass is 19.1. The molecule has 0 aliphatic carbocycles. The van der Waals surface area contributed by atoms with Crippen molar-refractivity contribution in [3.8, 4) is 29.1 Å². The van der Waals surface area contributed by atoms with Gasteiger partial charge in [0.15, 0.2) is 11.9 Å². The summed E-state index contributed by atoms with van der Waals surface area (Å²) in [5.41, 5.74) is 0.287. The molecule has 6 aliphatic heterocycles. The van der Waals surface area contributed by atoms with Crippen molar-refractivity contribution in [2.45, 2.75) is 68.0 Å². The summed E-state index contributed by atoms with van der Waals surface area (Å²) in [5, 5.41) is 22.1. The zero-order valence-corrected chi connectivity index (χ0v) is 25.3. The van der Waals surface area contributed by atoms with E-state index in [1.54, 1.807) is 12.3 Å². The number of piperazine rings is 1. The number of benzene rings is 2. The van der Waals surface area contributed by atoms with Crippen LogP contribution in [-0.4, -0.2) is 98.1 Å². The second-order valence-corrected chi connectivity index (χ2v) is 14.4. The molecule has 1 N–H and O–H groups in total.